The summed E-state index contributed by atoms with van der Waals surface area (Å²) in [5.74, 6) is 0.920. The molecule has 0 spiro atoms. The minimum atomic E-state index is 0.0253. The third kappa shape index (κ3) is 3.91. The second-order valence-electron chi connectivity index (χ2n) is 6.82. The van der Waals surface area contributed by atoms with Gasteiger partial charge in [-0.15, -0.1) is 0 Å². The number of carbonyl (C=O) groups is 1. The standard InChI is InChI=1S/C20H26N2O/c1-15-10-12-22(13-11-15)14-20(23)21-16(2)18-9-5-7-17-6-3-4-8-19(17)18/h3-9,15-16H,10-14H2,1-2H3,(H,21,23). The van der Waals surface area contributed by atoms with E-state index >= 15 is 0 Å². The Labute approximate surface area is 138 Å². The third-order valence-electron chi connectivity index (χ3n) is 4.91. The summed E-state index contributed by atoms with van der Waals surface area (Å²) >= 11 is 0. The fourth-order valence-corrected chi connectivity index (χ4v) is 3.42. The zero-order valence-electron chi connectivity index (χ0n) is 14.1. The first-order chi connectivity index (χ1) is 11.1. The highest BCUT2D eigenvalue weighted by atomic mass is 16.2. The molecule has 3 heteroatoms. The van der Waals surface area contributed by atoms with Gasteiger partial charge in [-0.1, -0.05) is 49.4 Å². The maximum Gasteiger partial charge on any atom is 0.234 e. The molecule has 1 atom stereocenters. The van der Waals surface area contributed by atoms with Crippen LogP contribution in [0.3, 0.4) is 0 Å². The molecule has 3 rings (SSSR count). The quantitative estimate of drug-likeness (QED) is 0.933. The van der Waals surface area contributed by atoms with Crippen LogP contribution in [0.25, 0.3) is 10.8 Å². The maximum atomic E-state index is 12.4. The minimum absolute atomic E-state index is 0.0253. The van der Waals surface area contributed by atoms with Crippen molar-refractivity contribution in [3.8, 4) is 0 Å². The Morgan fingerprint density at radius 3 is 2.65 bits per heavy atom. The number of carbonyl (C=O) groups excluding carboxylic acids is 1. The van der Waals surface area contributed by atoms with Gasteiger partial charge in [0.25, 0.3) is 0 Å². The van der Waals surface area contributed by atoms with Crippen molar-refractivity contribution in [2.45, 2.75) is 32.7 Å². The molecule has 3 nitrogen and oxygen atoms in total. The molecular weight excluding hydrogens is 284 g/mol. The molecule has 122 valence electrons. The molecule has 1 N–H and O–H groups in total. The monoisotopic (exact) mass is 310 g/mol. The number of hydrogen-bond donors (Lipinski definition) is 1. The highest BCUT2D eigenvalue weighted by Gasteiger charge is 2.19. The number of hydrogen-bond acceptors (Lipinski definition) is 2. The summed E-state index contributed by atoms with van der Waals surface area (Å²) in [6.07, 6.45) is 2.40. The Morgan fingerprint density at radius 2 is 1.87 bits per heavy atom. The SMILES string of the molecule is CC1CCN(CC(=O)NC(C)c2cccc3ccccc23)CC1. The topological polar surface area (TPSA) is 32.3 Å². The number of amides is 1. The zero-order chi connectivity index (χ0) is 16.2. The molecule has 0 radical (unpaired) electrons. The summed E-state index contributed by atoms with van der Waals surface area (Å²) in [5.41, 5.74) is 1.18. The molecule has 1 fully saturated rings. The molecule has 1 aliphatic heterocycles. The Balaban J connectivity index is 1.64. The van der Waals surface area contributed by atoms with Crippen LogP contribution in [0.4, 0.5) is 0 Å². The van der Waals surface area contributed by atoms with Gasteiger partial charge < -0.3 is 5.32 Å². The molecule has 1 amide bonds. The second-order valence-corrected chi connectivity index (χ2v) is 6.82. The number of likely N-dealkylation sites (tertiary alicyclic amines) is 1. The van der Waals surface area contributed by atoms with Gasteiger partial charge in [0.15, 0.2) is 0 Å². The van der Waals surface area contributed by atoms with Crippen LogP contribution < -0.4 is 5.32 Å². The molecule has 1 aliphatic rings. The van der Waals surface area contributed by atoms with E-state index in [0.717, 1.165) is 19.0 Å². The average molecular weight is 310 g/mol. The van der Waals surface area contributed by atoms with E-state index in [0.29, 0.717) is 6.54 Å². The van der Waals surface area contributed by atoms with Crippen LogP contribution >= 0.6 is 0 Å². The zero-order valence-corrected chi connectivity index (χ0v) is 14.1. The van der Waals surface area contributed by atoms with E-state index in [1.54, 1.807) is 0 Å². The van der Waals surface area contributed by atoms with E-state index in [-0.39, 0.29) is 11.9 Å². The van der Waals surface area contributed by atoms with Gasteiger partial charge in [0.1, 0.15) is 0 Å². The van der Waals surface area contributed by atoms with Gasteiger partial charge in [-0.3, -0.25) is 9.69 Å². The lowest BCUT2D eigenvalue weighted by atomic mass is 9.99. The fraction of sp³-hybridized carbons (Fsp3) is 0.450. The first kappa shape index (κ1) is 16.0. The van der Waals surface area contributed by atoms with Crippen molar-refractivity contribution >= 4 is 16.7 Å². The van der Waals surface area contributed by atoms with E-state index in [9.17, 15) is 4.79 Å². The van der Waals surface area contributed by atoms with Gasteiger partial charge in [0.2, 0.25) is 5.91 Å². The summed E-state index contributed by atoms with van der Waals surface area (Å²) in [5, 5.41) is 5.60. The third-order valence-corrected chi connectivity index (χ3v) is 4.91. The van der Waals surface area contributed by atoms with E-state index in [1.807, 2.05) is 6.07 Å². The van der Waals surface area contributed by atoms with Crippen molar-refractivity contribution in [1.82, 2.24) is 10.2 Å². The predicted molar refractivity (Wildman–Crippen MR) is 95.3 cm³/mol. The summed E-state index contributed by atoms with van der Waals surface area (Å²) < 4.78 is 0. The van der Waals surface area contributed by atoms with Crippen LogP contribution in [-0.2, 0) is 4.79 Å². The highest BCUT2D eigenvalue weighted by Crippen LogP contribution is 2.24. The van der Waals surface area contributed by atoms with Gasteiger partial charge in [-0.2, -0.15) is 0 Å². The fourth-order valence-electron chi connectivity index (χ4n) is 3.42. The van der Waals surface area contributed by atoms with E-state index in [4.69, 9.17) is 0 Å². The molecule has 1 unspecified atom stereocenters. The minimum Gasteiger partial charge on any atom is -0.348 e. The molecule has 1 saturated heterocycles. The maximum absolute atomic E-state index is 12.4. The largest absolute Gasteiger partial charge is 0.348 e. The van der Waals surface area contributed by atoms with E-state index in [1.165, 1.54) is 29.2 Å². The highest BCUT2D eigenvalue weighted by molar-refractivity contribution is 5.87. The summed E-state index contributed by atoms with van der Waals surface area (Å²) in [7, 11) is 0. The van der Waals surface area contributed by atoms with Gasteiger partial charge in [-0.05, 0) is 55.1 Å². The molecular formula is C20H26N2O. The first-order valence-electron chi connectivity index (χ1n) is 8.63. The van der Waals surface area contributed by atoms with Crippen molar-refractivity contribution in [3.63, 3.8) is 0 Å². The van der Waals surface area contributed by atoms with Crippen LogP contribution in [0, 0.1) is 5.92 Å². The van der Waals surface area contributed by atoms with Crippen molar-refractivity contribution < 1.29 is 4.79 Å². The average Bonchev–Trinajstić information content (AvgIpc) is 2.56. The van der Waals surface area contributed by atoms with Crippen LogP contribution in [0.15, 0.2) is 42.5 Å². The molecule has 2 aromatic rings. The first-order valence-corrected chi connectivity index (χ1v) is 8.63. The number of nitrogens with zero attached hydrogens (tertiary/aromatic N) is 1. The molecule has 0 bridgehead atoms. The van der Waals surface area contributed by atoms with Gasteiger partial charge in [0.05, 0.1) is 12.6 Å². The van der Waals surface area contributed by atoms with Gasteiger partial charge >= 0.3 is 0 Å². The number of nitrogens with one attached hydrogen (secondary N) is 1. The smallest absolute Gasteiger partial charge is 0.234 e. The molecule has 0 saturated carbocycles. The molecule has 0 aromatic heterocycles. The lowest BCUT2D eigenvalue weighted by Crippen LogP contribution is -2.41. The molecule has 1 heterocycles. The predicted octanol–water partition coefficient (Wildman–Crippen LogP) is 3.75. The van der Waals surface area contributed by atoms with Crippen molar-refractivity contribution in [3.05, 3.63) is 48.0 Å². The van der Waals surface area contributed by atoms with Crippen LogP contribution in [0.1, 0.15) is 38.3 Å². The number of benzene rings is 2. The Bertz CT molecular complexity index is 669. The number of rotatable bonds is 4. The van der Waals surface area contributed by atoms with Gasteiger partial charge in [-0.25, -0.2) is 0 Å². The summed E-state index contributed by atoms with van der Waals surface area (Å²) in [6.45, 7) is 6.95. The Hall–Kier alpha value is -1.87. The van der Waals surface area contributed by atoms with E-state index < -0.39 is 0 Å². The molecule has 0 aliphatic carbocycles. The summed E-state index contributed by atoms with van der Waals surface area (Å²) in [6, 6.07) is 14.6. The number of fused-ring (bicyclic) bond motifs is 1. The van der Waals surface area contributed by atoms with Crippen LogP contribution in [0.5, 0.6) is 0 Å². The normalized spacial score (nSPS) is 18.0. The van der Waals surface area contributed by atoms with Crippen molar-refractivity contribution in [2.75, 3.05) is 19.6 Å². The molecule has 23 heavy (non-hydrogen) atoms. The second kappa shape index (κ2) is 7.14. The Morgan fingerprint density at radius 1 is 1.17 bits per heavy atom. The van der Waals surface area contributed by atoms with Crippen LogP contribution in [0.2, 0.25) is 0 Å². The lowest BCUT2D eigenvalue weighted by molar-refractivity contribution is -0.123. The van der Waals surface area contributed by atoms with Gasteiger partial charge in [0, 0.05) is 0 Å². The van der Waals surface area contributed by atoms with E-state index in [2.05, 4.69) is 60.5 Å². The summed E-state index contributed by atoms with van der Waals surface area (Å²) in [4.78, 5) is 14.6. The Kier molecular flexibility index (Phi) is 4.97. The van der Waals surface area contributed by atoms with Crippen molar-refractivity contribution in [1.29, 1.82) is 0 Å². The van der Waals surface area contributed by atoms with Crippen molar-refractivity contribution in [2.24, 2.45) is 5.92 Å². The molecule has 2 aromatic carbocycles. The lowest BCUT2D eigenvalue weighted by Gasteiger charge is -2.30. The van der Waals surface area contributed by atoms with Crippen LogP contribution in [-0.4, -0.2) is 30.4 Å². The number of piperidine rings is 1.